The number of thiazole rings is 1. The summed E-state index contributed by atoms with van der Waals surface area (Å²) in [5.41, 5.74) is 0.759. The van der Waals surface area contributed by atoms with Gasteiger partial charge in [0.1, 0.15) is 17.3 Å². The van der Waals surface area contributed by atoms with Gasteiger partial charge in [-0.25, -0.2) is 12.8 Å². The number of aromatic nitrogens is 1. The van der Waals surface area contributed by atoms with Gasteiger partial charge in [0.25, 0.3) is 5.91 Å². The number of thioether (sulfide) groups is 1. The molecule has 3 aromatic rings. The standard InChI is InChI=1S/C19H19FN2O4S3/c1-26-14-4-6-15(7-5-14)29(24,25)12-18(23)21-19-22(9-10-27-2)16-8-3-13(20)11-17(16)28-19/h3-8,11H,9-10,12H2,1-2H3. The van der Waals surface area contributed by atoms with Crippen LogP contribution in [0.4, 0.5) is 4.39 Å². The second kappa shape index (κ2) is 9.10. The highest BCUT2D eigenvalue weighted by atomic mass is 32.2. The minimum absolute atomic E-state index is 0.0236. The molecule has 0 unspecified atom stereocenters. The van der Waals surface area contributed by atoms with E-state index < -0.39 is 21.5 Å². The van der Waals surface area contributed by atoms with Crippen LogP contribution in [-0.4, -0.2) is 43.8 Å². The lowest BCUT2D eigenvalue weighted by molar-refractivity contribution is -0.115. The Labute approximate surface area is 176 Å². The van der Waals surface area contributed by atoms with Crippen molar-refractivity contribution >= 4 is 49.1 Å². The Balaban J connectivity index is 1.94. The minimum atomic E-state index is -3.84. The first-order valence-corrected chi connectivity index (χ1v) is 12.4. The molecule has 10 heteroatoms. The molecule has 0 bridgehead atoms. The number of carbonyl (C=O) groups is 1. The number of nitrogens with zero attached hydrogens (tertiary/aromatic N) is 2. The molecule has 6 nitrogen and oxygen atoms in total. The number of sulfone groups is 1. The average molecular weight is 455 g/mol. The van der Waals surface area contributed by atoms with Crippen LogP contribution in [0.25, 0.3) is 10.2 Å². The molecule has 0 N–H and O–H groups in total. The second-order valence-corrected chi connectivity index (χ2v) is 10.1. The number of halogens is 1. The lowest BCUT2D eigenvalue weighted by Crippen LogP contribution is -2.21. The Bertz CT molecular complexity index is 1200. The van der Waals surface area contributed by atoms with E-state index in [0.717, 1.165) is 22.6 Å². The Morgan fingerprint density at radius 2 is 1.97 bits per heavy atom. The topological polar surface area (TPSA) is 77.7 Å². The number of ether oxygens (including phenoxy) is 1. The van der Waals surface area contributed by atoms with Gasteiger partial charge in [0.15, 0.2) is 14.6 Å². The maximum Gasteiger partial charge on any atom is 0.263 e. The zero-order valence-electron chi connectivity index (χ0n) is 15.8. The number of hydrogen-bond donors (Lipinski definition) is 0. The third-order valence-corrected chi connectivity index (χ3v) is 7.37. The molecule has 2 aromatic carbocycles. The van der Waals surface area contributed by atoms with Gasteiger partial charge in [0.2, 0.25) is 0 Å². The smallest absolute Gasteiger partial charge is 0.263 e. The van der Waals surface area contributed by atoms with E-state index in [4.69, 9.17) is 4.74 Å². The van der Waals surface area contributed by atoms with Gasteiger partial charge in [-0.05, 0) is 48.7 Å². The van der Waals surface area contributed by atoms with E-state index in [1.54, 1.807) is 17.8 Å². The van der Waals surface area contributed by atoms with E-state index in [1.165, 1.54) is 43.5 Å². The monoisotopic (exact) mass is 454 g/mol. The largest absolute Gasteiger partial charge is 0.497 e. The summed E-state index contributed by atoms with van der Waals surface area (Å²) in [6.45, 7) is 0.574. The van der Waals surface area contributed by atoms with E-state index in [2.05, 4.69) is 4.99 Å². The number of hydrogen-bond acceptors (Lipinski definition) is 6. The maximum atomic E-state index is 13.6. The average Bonchev–Trinajstić information content (AvgIpc) is 3.01. The van der Waals surface area contributed by atoms with Gasteiger partial charge in [0.05, 0.1) is 22.2 Å². The van der Waals surface area contributed by atoms with Crippen LogP contribution in [0.5, 0.6) is 5.75 Å². The number of aryl methyl sites for hydroxylation is 1. The van der Waals surface area contributed by atoms with Crippen molar-refractivity contribution in [3.05, 3.63) is 53.1 Å². The normalized spacial score (nSPS) is 12.4. The van der Waals surface area contributed by atoms with Gasteiger partial charge in [-0.15, -0.1) is 0 Å². The first kappa shape index (κ1) is 21.5. The van der Waals surface area contributed by atoms with Crippen LogP contribution in [-0.2, 0) is 21.2 Å². The van der Waals surface area contributed by atoms with Gasteiger partial charge >= 0.3 is 0 Å². The molecule has 1 aromatic heterocycles. The molecule has 0 saturated carbocycles. The molecule has 1 amide bonds. The maximum absolute atomic E-state index is 13.6. The molecule has 0 aliphatic heterocycles. The molecule has 0 spiro atoms. The lowest BCUT2D eigenvalue weighted by atomic mass is 10.3. The van der Waals surface area contributed by atoms with Crippen LogP contribution in [0.1, 0.15) is 0 Å². The molecule has 29 heavy (non-hydrogen) atoms. The highest BCUT2D eigenvalue weighted by Crippen LogP contribution is 2.20. The summed E-state index contributed by atoms with van der Waals surface area (Å²) in [6.07, 6.45) is 1.96. The van der Waals surface area contributed by atoms with Crippen molar-refractivity contribution in [1.82, 2.24) is 4.57 Å². The SMILES string of the molecule is COc1ccc(S(=O)(=O)CC(=O)N=c2sc3cc(F)ccc3n2CCSC)cc1. The molecule has 0 saturated heterocycles. The predicted molar refractivity (Wildman–Crippen MR) is 114 cm³/mol. The summed E-state index contributed by atoms with van der Waals surface area (Å²) in [7, 11) is -2.36. The summed E-state index contributed by atoms with van der Waals surface area (Å²) in [6, 6.07) is 10.2. The lowest BCUT2D eigenvalue weighted by Gasteiger charge is -2.05. The van der Waals surface area contributed by atoms with Gasteiger partial charge in [-0.2, -0.15) is 16.8 Å². The molecule has 1 heterocycles. The number of methoxy groups -OCH3 is 1. The highest BCUT2D eigenvalue weighted by Gasteiger charge is 2.20. The Hall–Kier alpha value is -2.17. The number of rotatable bonds is 7. The van der Waals surface area contributed by atoms with Gasteiger partial charge < -0.3 is 9.30 Å². The van der Waals surface area contributed by atoms with E-state index >= 15 is 0 Å². The van der Waals surface area contributed by atoms with Crippen LogP contribution in [0.3, 0.4) is 0 Å². The summed E-state index contributed by atoms with van der Waals surface area (Å²) in [5, 5.41) is 0. The van der Waals surface area contributed by atoms with Crippen molar-refractivity contribution in [3.63, 3.8) is 0 Å². The second-order valence-electron chi connectivity index (χ2n) is 6.08. The fourth-order valence-corrected chi connectivity index (χ4v) is 5.27. The zero-order chi connectivity index (χ0) is 21.0. The predicted octanol–water partition coefficient (Wildman–Crippen LogP) is 3.11. The summed E-state index contributed by atoms with van der Waals surface area (Å²) < 4.78 is 46.1. The van der Waals surface area contributed by atoms with Crippen LogP contribution >= 0.6 is 23.1 Å². The molecule has 0 aliphatic carbocycles. The Morgan fingerprint density at radius 1 is 1.24 bits per heavy atom. The summed E-state index contributed by atoms with van der Waals surface area (Å²) >= 11 is 2.78. The van der Waals surface area contributed by atoms with Crippen LogP contribution in [0, 0.1) is 5.82 Å². The number of amides is 1. The van der Waals surface area contributed by atoms with E-state index in [9.17, 15) is 17.6 Å². The van der Waals surface area contributed by atoms with Crippen molar-refractivity contribution in [2.75, 3.05) is 24.9 Å². The van der Waals surface area contributed by atoms with Crippen LogP contribution < -0.4 is 9.54 Å². The van der Waals surface area contributed by atoms with Crippen molar-refractivity contribution in [2.45, 2.75) is 11.4 Å². The Morgan fingerprint density at radius 3 is 2.62 bits per heavy atom. The first-order chi connectivity index (χ1) is 13.8. The van der Waals surface area contributed by atoms with Gasteiger partial charge in [0, 0.05) is 12.3 Å². The fraction of sp³-hybridized carbons (Fsp3) is 0.263. The summed E-state index contributed by atoms with van der Waals surface area (Å²) in [5.74, 6) is -0.604. The van der Waals surface area contributed by atoms with Crippen molar-refractivity contribution in [1.29, 1.82) is 0 Å². The van der Waals surface area contributed by atoms with Crippen molar-refractivity contribution in [3.8, 4) is 5.75 Å². The van der Waals surface area contributed by atoms with E-state index in [-0.39, 0.29) is 10.7 Å². The number of fused-ring (bicyclic) bond motifs is 1. The molecule has 0 radical (unpaired) electrons. The number of benzene rings is 2. The first-order valence-electron chi connectivity index (χ1n) is 8.56. The van der Waals surface area contributed by atoms with Crippen LogP contribution in [0.2, 0.25) is 0 Å². The molecular formula is C19H19FN2O4S3. The van der Waals surface area contributed by atoms with E-state index in [1.807, 2.05) is 10.8 Å². The molecule has 0 atom stereocenters. The highest BCUT2D eigenvalue weighted by molar-refractivity contribution is 7.98. The molecule has 154 valence electrons. The minimum Gasteiger partial charge on any atom is -0.497 e. The van der Waals surface area contributed by atoms with Crippen LogP contribution in [0.15, 0.2) is 52.4 Å². The van der Waals surface area contributed by atoms with Crippen molar-refractivity contribution in [2.24, 2.45) is 4.99 Å². The van der Waals surface area contributed by atoms with E-state index in [0.29, 0.717) is 21.8 Å². The third-order valence-electron chi connectivity index (χ3n) is 4.12. The van der Waals surface area contributed by atoms with Gasteiger partial charge in [-0.3, -0.25) is 4.79 Å². The molecular weight excluding hydrogens is 435 g/mol. The fourth-order valence-electron chi connectivity index (χ4n) is 2.70. The number of carbonyl (C=O) groups excluding carboxylic acids is 1. The Kier molecular flexibility index (Phi) is 6.76. The van der Waals surface area contributed by atoms with Gasteiger partial charge in [-0.1, -0.05) is 11.3 Å². The summed E-state index contributed by atoms with van der Waals surface area (Å²) in [4.78, 5) is 16.8. The molecule has 0 aliphatic rings. The molecule has 0 fully saturated rings. The zero-order valence-corrected chi connectivity index (χ0v) is 18.2. The third kappa shape index (κ3) is 5.06. The molecule has 3 rings (SSSR count). The quantitative estimate of drug-likeness (QED) is 0.548. The van der Waals surface area contributed by atoms with Crippen molar-refractivity contribution < 1.29 is 22.3 Å².